The Morgan fingerprint density at radius 3 is 0.841 bits per heavy atom. The second kappa shape index (κ2) is 28.7. The maximum Gasteiger partial charge on any atom is 0.324 e. The second-order valence-corrected chi connectivity index (χ2v) is 16.3. The third-order valence-corrected chi connectivity index (χ3v) is 11.0. The Morgan fingerprint density at radius 1 is 0.319 bits per heavy atom. The van der Waals surface area contributed by atoms with Crippen LogP contribution in [-0.2, 0) is 87.1 Å². The molecule has 0 aromatic heterocycles. The van der Waals surface area contributed by atoms with Gasteiger partial charge in [0.15, 0.2) is 0 Å². The summed E-state index contributed by atoms with van der Waals surface area (Å²) in [7, 11) is 0. The van der Waals surface area contributed by atoms with Crippen LogP contribution in [0.1, 0.15) is 33.4 Å². The molecule has 0 radical (unpaired) electrons. The van der Waals surface area contributed by atoms with Crippen molar-refractivity contribution in [1.82, 2.24) is 14.7 Å². The van der Waals surface area contributed by atoms with E-state index in [9.17, 15) is 24.0 Å². The first-order valence-electron chi connectivity index (χ1n) is 23.0. The topological polar surface area (TPSA) is 141 Å². The Labute approximate surface area is 404 Å². The van der Waals surface area contributed by atoms with Crippen LogP contribution in [0.2, 0.25) is 0 Å². The number of ether oxygens (including phenoxy) is 5. The molecule has 0 bridgehead atoms. The molecule has 6 rings (SSSR count). The summed E-state index contributed by atoms with van der Waals surface area (Å²) in [6.45, 7) is -0.324. The maximum absolute atomic E-state index is 14.5. The fraction of sp³-hybridized carbons (Fsp3) is 0.268. The lowest BCUT2D eigenvalue weighted by Crippen LogP contribution is -2.51. The van der Waals surface area contributed by atoms with Crippen LogP contribution in [0.3, 0.4) is 0 Å². The van der Waals surface area contributed by atoms with E-state index in [1.165, 1.54) is 0 Å². The Bertz CT molecular complexity index is 2210. The zero-order chi connectivity index (χ0) is 48.3. The number of rotatable bonds is 28. The highest BCUT2D eigenvalue weighted by atomic mass is 16.5. The molecular weight excluding hydrogens is 875 g/mol. The Kier molecular flexibility index (Phi) is 21.2. The van der Waals surface area contributed by atoms with Crippen molar-refractivity contribution in [3.05, 3.63) is 215 Å². The summed E-state index contributed by atoms with van der Waals surface area (Å²) in [4.78, 5) is 73.4. The average molecular weight is 934 g/mol. The van der Waals surface area contributed by atoms with E-state index in [1.807, 2.05) is 187 Å². The van der Waals surface area contributed by atoms with Crippen LogP contribution in [-0.4, -0.2) is 103 Å². The van der Waals surface area contributed by atoms with Gasteiger partial charge in [-0.3, -0.25) is 38.7 Å². The van der Waals surface area contributed by atoms with Crippen LogP contribution in [0, 0.1) is 0 Å². The van der Waals surface area contributed by atoms with Gasteiger partial charge in [0.25, 0.3) is 0 Å². The highest BCUT2D eigenvalue weighted by Crippen LogP contribution is 2.15. The van der Waals surface area contributed by atoms with Gasteiger partial charge in [-0.2, -0.15) is 0 Å². The van der Waals surface area contributed by atoms with Crippen LogP contribution in [0.25, 0.3) is 0 Å². The summed E-state index contributed by atoms with van der Waals surface area (Å²) in [5.41, 5.74) is 4.89. The molecule has 0 unspecified atom stereocenters. The molecule has 0 aliphatic heterocycles. The third kappa shape index (κ3) is 19.4. The second-order valence-electron chi connectivity index (χ2n) is 16.3. The van der Waals surface area contributed by atoms with Gasteiger partial charge in [-0.05, 0) is 39.8 Å². The standard InChI is InChI=1S/C56H59N3O10/c60-52(65-40-46-21-9-2-10-22-46)36-57(37-53(61)66-41-47-23-11-3-12-24-47)31-33-59(51(35-45-19-7-1-8-20-45)56(64)69-44-50-29-17-6-18-30-50)34-32-58(38-54(62)67-42-48-25-13-4-14-26-48)39-55(63)68-43-49-27-15-5-16-28-49/h1-30,51H,31-44H2/t51-/m0/s1. The SMILES string of the molecule is O=C(CN(CCN(CCN(CC(=O)OCc1ccccc1)CC(=O)OCc1ccccc1)[C@@H](Cc1ccccc1)C(=O)OCc1ccccc1)CC(=O)OCc1ccccc1)OCc1ccccc1. The molecule has 0 fully saturated rings. The number of benzene rings is 6. The van der Waals surface area contributed by atoms with Gasteiger partial charge in [-0.15, -0.1) is 0 Å². The molecule has 13 heteroatoms. The van der Waals surface area contributed by atoms with E-state index in [0.717, 1.165) is 33.4 Å². The van der Waals surface area contributed by atoms with Crippen LogP contribution < -0.4 is 0 Å². The summed E-state index contributed by atoms with van der Waals surface area (Å²) in [5, 5.41) is 0. The van der Waals surface area contributed by atoms with Crippen molar-refractivity contribution in [3.63, 3.8) is 0 Å². The highest BCUT2D eigenvalue weighted by Gasteiger charge is 2.30. The van der Waals surface area contributed by atoms with E-state index < -0.39 is 35.9 Å². The van der Waals surface area contributed by atoms with E-state index in [1.54, 1.807) is 9.80 Å². The first kappa shape index (κ1) is 51.0. The molecule has 69 heavy (non-hydrogen) atoms. The average Bonchev–Trinajstić information content (AvgIpc) is 3.39. The molecule has 0 N–H and O–H groups in total. The smallest absolute Gasteiger partial charge is 0.324 e. The van der Waals surface area contributed by atoms with Gasteiger partial charge in [0.2, 0.25) is 0 Å². The van der Waals surface area contributed by atoms with Crippen molar-refractivity contribution in [1.29, 1.82) is 0 Å². The number of esters is 5. The summed E-state index contributed by atoms with van der Waals surface area (Å²) in [6, 6.07) is 55.1. The van der Waals surface area contributed by atoms with Gasteiger partial charge in [-0.1, -0.05) is 182 Å². The number of hydrogen-bond donors (Lipinski definition) is 0. The van der Waals surface area contributed by atoms with Crippen LogP contribution >= 0.6 is 0 Å². The molecule has 0 heterocycles. The van der Waals surface area contributed by atoms with Crippen molar-refractivity contribution < 1.29 is 47.7 Å². The Balaban J connectivity index is 1.25. The Hall–Kier alpha value is -7.45. The third-order valence-electron chi connectivity index (χ3n) is 11.0. The zero-order valence-electron chi connectivity index (χ0n) is 38.7. The maximum atomic E-state index is 14.5. The van der Waals surface area contributed by atoms with Crippen molar-refractivity contribution in [2.24, 2.45) is 0 Å². The lowest BCUT2D eigenvalue weighted by atomic mass is 10.0. The predicted molar refractivity (Wildman–Crippen MR) is 260 cm³/mol. The minimum absolute atomic E-state index is 0.0259. The summed E-state index contributed by atoms with van der Waals surface area (Å²) in [5.74, 6) is -2.73. The van der Waals surface area contributed by atoms with Crippen LogP contribution in [0.5, 0.6) is 0 Å². The molecule has 0 amide bonds. The molecule has 0 aliphatic carbocycles. The first-order valence-corrected chi connectivity index (χ1v) is 23.0. The Morgan fingerprint density at radius 2 is 0.565 bits per heavy atom. The van der Waals surface area contributed by atoms with E-state index in [2.05, 4.69) is 0 Å². The van der Waals surface area contributed by atoms with Crippen LogP contribution in [0.15, 0.2) is 182 Å². The number of nitrogens with zero attached hydrogens (tertiary/aromatic N) is 3. The molecule has 0 aliphatic rings. The van der Waals surface area contributed by atoms with Gasteiger partial charge in [0.05, 0.1) is 26.2 Å². The van der Waals surface area contributed by atoms with E-state index in [0.29, 0.717) is 0 Å². The first-order chi connectivity index (χ1) is 33.8. The summed E-state index contributed by atoms with van der Waals surface area (Å²) in [6.07, 6.45) is 0.241. The van der Waals surface area contributed by atoms with E-state index in [-0.39, 0.29) is 91.8 Å². The van der Waals surface area contributed by atoms with Gasteiger partial charge in [-0.25, -0.2) is 0 Å². The van der Waals surface area contributed by atoms with Gasteiger partial charge >= 0.3 is 29.8 Å². The lowest BCUT2D eigenvalue weighted by Gasteiger charge is -2.34. The minimum atomic E-state index is -0.884. The molecule has 0 spiro atoms. The molecule has 13 nitrogen and oxygen atoms in total. The number of carbonyl (C=O) groups is 5. The molecule has 6 aromatic rings. The van der Waals surface area contributed by atoms with Gasteiger partial charge in [0.1, 0.15) is 39.1 Å². The summed E-state index contributed by atoms with van der Waals surface area (Å²) < 4.78 is 28.6. The lowest BCUT2D eigenvalue weighted by molar-refractivity contribution is -0.154. The quantitative estimate of drug-likeness (QED) is 0.0362. The van der Waals surface area contributed by atoms with Crippen molar-refractivity contribution in [3.8, 4) is 0 Å². The monoisotopic (exact) mass is 933 g/mol. The van der Waals surface area contributed by atoms with Crippen molar-refractivity contribution in [2.75, 3.05) is 52.4 Å². The summed E-state index contributed by atoms with van der Waals surface area (Å²) >= 11 is 0. The van der Waals surface area contributed by atoms with E-state index in [4.69, 9.17) is 23.7 Å². The van der Waals surface area contributed by atoms with Crippen LogP contribution in [0.4, 0.5) is 0 Å². The van der Waals surface area contributed by atoms with Gasteiger partial charge < -0.3 is 23.7 Å². The zero-order valence-corrected chi connectivity index (χ0v) is 38.7. The molecule has 6 aromatic carbocycles. The number of carbonyl (C=O) groups excluding carboxylic acids is 5. The normalized spacial score (nSPS) is 11.5. The highest BCUT2D eigenvalue weighted by molar-refractivity contribution is 5.77. The predicted octanol–water partition coefficient (Wildman–Crippen LogP) is 7.22. The largest absolute Gasteiger partial charge is 0.460 e. The number of hydrogen-bond acceptors (Lipinski definition) is 13. The molecular formula is C56H59N3O10. The molecule has 0 saturated carbocycles. The van der Waals surface area contributed by atoms with Crippen molar-refractivity contribution >= 4 is 29.8 Å². The minimum Gasteiger partial charge on any atom is -0.460 e. The van der Waals surface area contributed by atoms with Crippen molar-refractivity contribution in [2.45, 2.75) is 45.5 Å². The van der Waals surface area contributed by atoms with Gasteiger partial charge in [0, 0.05) is 26.2 Å². The molecule has 1 atom stereocenters. The fourth-order valence-corrected chi connectivity index (χ4v) is 7.28. The fourth-order valence-electron chi connectivity index (χ4n) is 7.28. The molecule has 0 saturated heterocycles. The van der Waals surface area contributed by atoms with E-state index >= 15 is 0 Å². The molecule has 358 valence electrons.